The van der Waals surface area contributed by atoms with Crippen LogP contribution in [0, 0.1) is 40.4 Å². The molecule has 2 unspecified atom stereocenters. The Hall–Kier alpha value is -0.800. The summed E-state index contributed by atoms with van der Waals surface area (Å²) >= 11 is 0. The number of carbonyl (C=O) groups excluding carboxylic acids is 1. The molecule has 7 atom stereocenters. The molecule has 25 heavy (non-hydrogen) atoms. The Morgan fingerprint density at radius 1 is 1.04 bits per heavy atom. The van der Waals surface area contributed by atoms with Gasteiger partial charge in [0.15, 0.2) is 5.78 Å². The van der Waals surface area contributed by atoms with Gasteiger partial charge in [-0.25, -0.2) is 0 Å². The Morgan fingerprint density at radius 3 is 2.44 bits per heavy atom. The highest BCUT2D eigenvalue weighted by atomic mass is 19.4. The normalized spacial score (nSPS) is 49.9. The minimum absolute atomic E-state index is 0.00841. The first-order valence-electron chi connectivity index (χ1n) is 9.87. The van der Waals surface area contributed by atoms with E-state index in [9.17, 15) is 18.0 Å². The maximum atomic E-state index is 13.6. The number of allylic oxidation sites excluding steroid dienone is 2. The average molecular weight is 354 g/mol. The first-order valence-corrected chi connectivity index (χ1v) is 9.87. The lowest BCUT2D eigenvalue weighted by atomic mass is 9.44. The van der Waals surface area contributed by atoms with E-state index in [2.05, 4.69) is 13.8 Å². The van der Waals surface area contributed by atoms with Gasteiger partial charge >= 0.3 is 6.18 Å². The van der Waals surface area contributed by atoms with Crippen LogP contribution in [0.25, 0.3) is 0 Å². The van der Waals surface area contributed by atoms with Gasteiger partial charge in [-0.2, -0.15) is 13.2 Å². The van der Waals surface area contributed by atoms with Gasteiger partial charge in [-0.1, -0.05) is 19.4 Å². The van der Waals surface area contributed by atoms with Gasteiger partial charge in [-0.3, -0.25) is 4.79 Å². The summed E-state index contributed by atoms with van der Waals surface area (Å²) in [4.78, 5) is 12.0. The van der Waals surface area contributed by atoms with Gasteiger partial charge in [0, 0.05) is 6.42 Å². The van der Waals surface area contributed by atoms with E-state index in [1.807, 2.05) is 13.0 Å². The molecule has 0 N–H and O–H groups in total. The first kappa shape index (κ1) is 17.6. The van der Waals surface area contributed by atoms with Crippen LogP contribution in [0.4, 0.5) is 13.2 Å². The average Bonchev–Trinajstić information content (AvgIpc) is 2.86. The highest BCUT2D eigenvalue weighted by Gasteiger charge is 2.64. The third kappa shape index (κ3) is 2.31. The van der Waals surface area contributed by atoms with E-state index in [1.165, 1.54) is 5.57 Å². The molecule has 3 saturated carbocycles. The topological polar surface area (TPSA) is 17.1 Å². The Morgan fingerprint density at radius 2 is 1.76 bits per heavy atom. The van der Waals surface area contributed by atoms with Gasteiger partial charge < -0.3 is 0 Å². The SMILES string of the molecule is CC1=CC(=O)CC2CC[C@@H]3[C@@H](CC[C@]4(C)C(C(F)(F)F)CC[C@@H]34)[C@@]12C. The van der Waals surface area contributed by atoms with E-state index < -0.39 is 17.5 Å². The lowest BCUT2D eigenvalue weighted by Gasteiger charge is -2.60. The van der Waals surface area contributed by atoms with Crippen molar-refractivity contribution in [2.75, 3.05) is 0 Å². The van der Waals surface area contributed by atoms with E-state index in [-0.39, 0.29) is 17.1 Å². The standard InChI is InChI=1S/C21H29F3O/c1-12-10-14(25)11-13-4-5-15-16-6-7-18(21(22,23)24)19(16,2)9-8-17(15)20(12,13)3/h10,13,15-18H,4-9,11H2,1-3H3/t13?,15-,16-,17+,18?,19-,20-/m0/s1. The van der Waals surface area contributed by atoms with Crippen LogP contribution >= 0.6 is 0 Å². The third-order valence-corrected chi connectivity index (χ3v) is 8.97. The number of ketones is 1. The zero-order valence-corrected chi connectivity index (χ0v) is 15.5. The zero-order valence-electron chi connectivity index (χ0n) is 15.5. The van der Waals surface area contributed by atoms with Crippen molar-refractivity contribution >= 4 is 5.78 Å². The molecular formula is C21H29F3O. The molecule has 3 fully saturated rings. The molecule has 0 aromatic rings. The molecule has 4 rings (SSSR count). The lowest BCUT2D eigenvalue weighted by Crippen LogP contribution is -2.54. The largest absolute Gasteiger partial charge is 0.392 e. The third-order valence-electron chi connectivity index (χ3n) is 8.97. The lowest BCUT2D eigenvalue weighted by molar-refractivity contribution is -0.214. The minimum atomic E-state index is -4.06. The summed E-state index contributed by atoms with van der Waals surface area (Å²) in [7, 11) is 0. The molecule has 0 bridgehead atoms. The molecule has 4 aliphatic carbocycles. The minimum Gasteiger partial charge on any atom is -0.295 e. The van der Waals surface area contributed by atoms with Crippen LogP contribution in [0.1, 0.15) is 65.7 Å². The smallest absolute Gasteiger partial charge is 0.295 e. The number of carbonyl (C=O) groups is 1. The van der Waals surface area contributed by atoms with Crippen molar-refractivity contribution in [1.82, 2.24) is 0 Å². The maximum Gasteiger partial charge on any atom is 0.392 e. The second-order valence-electron chi connectivity index (χ2n) is 9.65. The van der Waals surface area contributed by atoms with Crippen LogP contribution in [0.3, 0.4) is 0 Å². The summed E-state index contributed by atoms with van der Waals surface area (Å²) in [6, 6.07) is 0. The van der Waals surface area contributed by atoms with Crippen molar-refractivity contribution < 1.29 is 18.0 Å². The second-order valence-corrected chi connectivity index (χ2v) is 9.65. The van der Waals surface area contributed by atoms with Crippen LogP contribution in [0.15, 0.2) is 11.6 Å². The highest BCUT2D eigenvalue weighted by molar-refractivity contribution is 5.91. The van der Waals surface area contributed by atoms with Crippen molar-refractivity contribution in [1.29, 1.82) is 0 Å². The van der Waals surface area contributed by atoms with Crippen molar-refractivity contribution in [2.24, 2.45) is 40.4 Å². The number of halogens is 3. The van der Waals surface area contributed by atoms with E-state index in [1.54, 1.807) is 0 Å². The monoisotopic (exact) mass is 354 g/mol. The Kier molecular flexibility index (Phi) is 3.77. The van der Waals surface area contributed by atoms with Gasteiger partial charge in [0.2, 0.25) is 0 Å². The second kappa shape index (κ2) is 5.36. The van der Waals surface area contributed by atoms with Crippen LogP contribution in [0.2, 0.25) is 0 Å². The first-order chi connectivity index (χ1) is 11.6. The molecule has 4 heteroatoms. The number of hydrogen-bond donors (Lipinski definition) is 0. The molecule has 0 aromatic heterocycles. The molecular weight excluding hydrogens is 325 g/mol. The zero-order chi connectivity index (χ0) is 18.2. The van der Waals surface area contributed by atoms with E-state index in [0.29, 0.717) is 37.0 Å². The molecule has 0 aliphatic heterocycles. The highest BCUT2D eigenvalue weighted by Crippen LogP contribution is 2.69. The molecule has 0 radical (unpaired) electrons. The summed E-state index contributed by atoms with van der Waals surface area (Å²) in [5.41, 5.74) is 0.608. The fourth-order valence-corrected chi connectivity index (χ4v) is 7.60. The van der Waals surface area contributed by atoms with E-state index in [4.69, 9.17) is 0 Å². The quantitative estimate of drug-likeness (QED) is 0.526. The Balaban J connectivity index is 1.69. The van der Waals surface area contributed by atoms with E-state index in [0.717, 1.165) is 25.7 Å². The van der Waals surface area contributed by atoms with Crippen molar-refractivity contribution in [3.05, 3.63) is 11.6 Å². The molecule has 4 aliphatic rings. The molecule has 140 valence electrons. The van der Waals surface area contributed by atoms with Crippen molar-refractivity contribution in [3.8, 4) is 0 Å². The summed E-state index contributed by atoms with van der Waals surface area (Å²) in [6.45, 7) is 6.29. The molecule has 1 nitrogen and oxygen atoms in total. The van der Waals surface area contributed by atoms with Crippen LogP contribution in [-0.2, 0) is 4.79 Å². The fourth-order valence-electron chi connectivity index (χ4n) is 7.60. The molecule has 0 heterocycles. The van der Waals surface area contributed by atoms with Crippen molar-refractivity contribution in [2.45, 2.75) is 71.9 Å². The molecule has 0 aromatic carbocycles. The van der Waals surface area contributed by atoms with Gasteiger partial charge in [0.1, 0.15) is 0 Å². The van der Waals surface area contributed by atoms with Crippen LogP contribution in [-0.4, -0.2) is 12.0 Å². The predicted molar refractivity (Wildman–Crippen MR) is 90.8 cm³/mol. The molecule has 0 amide bonds. The van der Waals surface area contributed by atoms with Gasteiger partial charge in [0.05, 0.1) is 5.92 Å². The fraction of sp³-hybridized carbons (Fsp3) is 0.857. The van der Waals surface area contributed by atoms with Gasteiger partial charge in [-0.05, 0) is 86.0 Å². The summed E-state index contributed by atoms with van der Waals surface area (Å²) in [6.07, 6.45) is 3.00. The number of rotatable bonds is 0. The van der Waals surface area contributed by atoms with E-state index >= 15 is 0 Å². The number of fused-ring (bicyclic) bond motifs is 5. The number of alkyl halides is 3. The molecule has 0 saturated heterocycles. The summed E-state index contributed by atoms with van der Waals surface area (Å²) < 4.78 is 40.8. The summed E-state index contributed by atoms with van der Waals surface area (Å²) in [5.74, 6) is 0.527. The van der Waals surface area contributed by atoms with Crippen LogP contribution in [0.5, 0.6) is 0 Å². The van der Waals surface area contributed by atoms with Gasteiger partial charge in [-0.15, -0.1) is 0 Å². The number of hydrogen-bond acceptors (Lipinski definition) is 1. The summed E-state index contributed by atoms with van der Waals surface area (Å²) in [5, 5.41) is 0. The molecule has 0 spiro atoms. The Labute approximate surface area is 148 Å². The van der Waals surface area contributed by atoms with Crippen LogP contribution < -0.4 is 0 Å². The predicted octanol–water partition coefficient (Wildman–Crippen LogP) is 5.94. The Bertz CT molecular complexity index is 621. The van der Waals surface area contributed by atoms with Crippen molar-refractivity contribution in [3.63, 3.8) is 0 Å². The van der Waals surface area contributed by atoms with Gasteiger partial charge in [0.25, 0.3) is 0 Å². The maximum absolute atomic E-state index is 13.6.